The van der Waals surface area contributed by atoms with Gasteiger partial charge in [-0.15, -0.1) is 0 Å². The topological polar surface area (TPSA) is 48.9 Å². The largest absolute Gasteiger partial charge is 0.382 e. The van der Waals surface area contributed by atoms with Crippen LogP contribution in [-0.4, -0.2) is 63.8 Å². The van der Waals surface area contributed by atoms with E-state index in [0.29, 0.717) is 5.41 Å². The second-order valence-electron chi connectivity index (χ2n) is 8.74. The highest BCUT2D eigenvalue weighted by atomic mass is 16.5. The maximum absolute atomic E-state index is 5.62. The normalized spacial score (nSPS) is 21.5. The molecule has 2 rings (SSSR count). The third-order valence-electron chi connectivity index (χ3n) is 6.57. The molecule has 5 nitrogen and oxygen atoms in total. The van der Waals surface area contributed by atoms with Crippen LogP contribution in [0.2, 0.25) is 0 Å². The fourth-order valence-electron chi connectivity index (χ4n) is 4.52. The third kappa shape index (κ3) is 8.39. The molecule has 1 aliphatic carbocycles. The van der Waals surface area contributed by atoms with E-state index in [4.69, 9.17) is 4.74 Å². The van der Waals surface area contributed by atoms with Gasteiger partial charge >= 0.3 is 0 Å². The lowest BCUT2D eigenvalue weighted by atomic mass is 9.83. The van der Waals surface area contributed by atoms with Gasteiger partial charge in [0.1, 0.15) is 0 Å². The molecule has 0 aromatic carbocycles. The predicted octanol–water partition coefficient (Wildman–Crippen LogP) is 3.65. The molecule has 1 aliphatic heterocycles. The van der Waals surface area contributed by atoms with Crippen LogP contribution in [0.5, 0.6) is 0 Å². The lowest BCUT2D eigenvalue weighted by Gasteiger charge is -2.30. The highest BCUT2D eigenvalue weighted by Gasteiger charge is 2.33. The Kier molecular flexibility index (Phi) is 10.5. The van der Waals surface area contributed by atoms with Crippen molar-refractivity contribution in [3.8, 4) is 0 Å². The van der Waals surface area contributed by atoms with Crippen molar-refractivity contribution in [3.63, 3.8) is 0 Å². The first-order valence-electron chi connectivity index (χ1n) is 11.4. The SMILES string of the molecule is CCOCCC1(CNC(=NC)NCCCCN2CCC(C)CC2)CCCC1. The van der Waals surface area contributed by atoms with Gasteiger partial charge in [-0.2, -0.15) is 0 Å². The standard InChI is InChI=1S/C22H44N4O/c1-4-27-18-13-22(11-5-6-12-22)19-25-21(23-3)24-14-7-8-15-26-16-9-20(2)10-17-26/h20H,4-19H2,1-3H3,(H2,23,24,25). The number of hydrogen-bond donors (Lipinski definition) is 2. The van der Waals surface area contributed by atoms with Crippen LogP contribution in [0.25, 0.3) is 0 Å². The van der Waals surface area contributed by atoms with Crippen molar-refractivity contribution in [3.05, 3.63) is 0 Å². The van der Waals surface area contributed by atoms with E-state index in [1.165, 1.54) is 77.4 Å². The van der Waals surface area contributed by atoms with Crippen LogP contribution in [0.1, 0.15) is 71.6 Å². The molecular weight excluding hydrogens is 336 g/mol. The van der Waals surface area contributed by atoms with E-state index in [9.17, 15) is 0 Å². The summed E-state index contributed by atoms with van der Waals surface area (Å²) in [6.45, 7) is 12.0. The highest BCUT2D eigenvalue weighted by Crippen LogP contribution is 2.40. The van der Waals surface area contributed by atoms with Gasteiger partial charge in [-0.1, -0.05) is 19.8 Å². The fourth-order valence-corrected chi connectivity index (χ4v) is 4.52. The number of nitrogens with zero attached hydrogens (tertiary/aromatic N) is 2. The Bertz CT molecular complexity index is 413. The van der Waals surface area contributed by atoms with E-state index in [1.807, 2.05) is 7.05 Å². The van der Waals surface area contributed by atoms with Crippen LogP contribution in [0.3, 0.4) is 0 Å². The van der Waals surface area contributed by atoms with Gasteiger partial charge in [0.2, 0.25) is 0 Å². The van der Waals surface area contributed by atoms with Gasteiger partial charge in [0, 0.05) is 33.4 Å². The lowest BCUT2D eigenvalue weighted by Crippen LogP contribution is -2.43. The van der Waals surface area contributed by atoms with Crippen molar-refractivity contribution in [2.75, 3.05) is 53.0 Å². The molecule has 1 saturated heterocycles. The number of rotatable bonds is 11. The van der Waals surface area contributed by atoms with Gasteiger partial charge in [0.15, 0.2) is 5.96 Å². The third-order valence-corrected chi connectivity index (χ3v) is 6.57. The van der Waals surface area contributed by atoms with Gasteiger partial charge in [0.05, 0.1) is 0 Å². The van der Waals surface area contributed by atoms with Crippen molar-refractivity contribution in [2.45, 2.75) is 71.6 Å². The van der Waals surface area contributed by atoms with Crippen molar-refractivity contribution in [1.29, 1.82) is 0 Å². The molecule has 0 spiro atoms. The molecule has 2 fully saturated rings. The summed E-state index contributed by atoms with van der Waals surface area (Å²) in [7, 11) is 1.88. The summed E-state index contributed by atoms with van der Waals surface area (Å²) in [5.74, 6) is 1.89. The van der Waals surface area contributed by atoms with E-state index in [0.717, 1.165) is 38.2 Å². The lowest BCUT2D eigenvalue weighted by molar-refractivity contribution is 0.105. The molecule has 0 radical (unpaired) electrons. The van der Waals surface area contributed by atoms with Crippen molar-refractivity contribution >= 4 is 5.96 Å². The average molecular weight is 381 g/mol. The number of likely N-dealkylation sites (tertiary alicyclic amines) is 1. The summed E-state index contributed by atoms with van der Waals surface area (Å²) in [6.07, 6.45) is 11.7. The van der Waals surface area contributed by atoms with Gasteiger partial charge < -0.3 is 20.3 Å². The van der Waals surface area contributed by atoms with Crippen LogP contribution in [0.4, 0.5) is 0 Å². The van der Waals surface area contributed by atoms with Gasteiger partial charge in [-0.05, 0) is 82.8 Å². The highest BCUT2D eigenvalue weighted by molar-refractivity contribution is 5.79. The van der Waals surface area contributed by atoms with Gasteiger partial charge in [-0.25, -0.2) is 0 Å². The molecule has 0 amide bonds. The molecule has 1 heterocycles. The molecule has 0 aromatic heterocycles. The van der Waals surface area contributed by atoms with Gasteiger partial charge in [-0.3, -0.25) is 4.99 Å². The van der Waals surface area contributed by atoms with Crippen LogP contribution in [-0.2, 0) is 4.74 Å². The Balaban J connectivity index is 1.59. The number of nitrogens with one attached hydrogen (secondary N) is 2. The van der Waals surface area contributed by atoms with Gasteiger partial charge in [0.25, 0.3) is 0 Å². The second kappa shape index (κ2) is 12.6. The van der Waals surface area contributed by atoms with Crippen molar-refractivity contribution in [1.82, 2.24) is 15.5 Å². The minimum Gasteiger partial charge on any atom is -0.382 e. The van der Waals surface area contributed by atoms with E-state index in [-0.39, 0.29) is 0 Å². The minimum atomic E-state index is 0.401. The summed E-state index contributed by atoms with van der Waals surface area (Å²) >= 11 is 0. The smallest absolute Gasteiger partial charge is 0.190 e. The van der Waals surface area contributed by atoms with Crippen LogP contribution < -0.4 is 10.6 Å². The predicted molar refractivity (Wildman–Crippen MR) is 115 cm³/mol. The maximum Gasteiger partial charge on any atom is 0.190 e. The minimum absolute atomic E-state index is 0.401. The number of guanidine groups is 1. The molecule has 27 heavy (non-hydrogen) atoms. The number of hydrogen-bond acceptors (Lipinski definition) is 3. The molecule has 1 saturated carbocycles. The molecular formula is C22H44N4O. The molecule has 0 unspecified atom stereocenters. The molecule has 2 N–H and O–H groups in total. The van der Waals surface area contributed by atoms with E-state index >= 15 is 0 Å². The Morgan fingerprint density at radius 1 is 1.15 bits per heavy atom. The van der Waals surface area contributed by atoms with E-state index < -0.39 is 0 Å². The summed E-state index contributed by atoms with van der Waals surface area (Å²) < 4.78 is 5.62. The molecule has 0 aromatic rings. The summed E-state index contributed by atoms with van der Waals surface area (Å²) in [4.78, 5) is 7.06. The zero-order valence-corrected chi connectivity index (χ0v) is 18.2. The fraction of sp³-hybridized carbons (Fsp3) is 0.955. The Morgan fingerprint density at radius 2 is 1.89 bits per heavy atom. The quantitative estimate of drug-likeness (QED) is 0.326. The van der Waals surface area contributed by atoms with Crippen molar-refractivity contribution in [2.24, 2.45) is 16.3 Å². The first-order chi connectivity index (χ1) is 13.2. The number of ether oxygens (including phenoxy) is 1. The molecule has 5 heteroatoms. The zero-order valence-electron chi connectivity index (χ0n) is 18.2. The summed E-state index contributed by atoms with van der Waals surface area (Å²) in [6, 6.07) is 0. The Hall–Kier alpha value is -0.810. The van der Waals surface area contributed by atoms with Crippen molar-refractivity contribution < 1.29 is 4.74 Å². The van der Waals surface area contributed by atoms with Crippen LogP contribution in [0.15, 0.2) is 4.99 Å². The molecule has 2 aliphatic rings. The first-order valence-corrected chi connectivity index (χ1v) is 11.4. The maximum atomic E-state index is 5.62. The number of unbranched alkanes of at least 4 members (excludes halogenated alkanes) is 1. The summed E-state index contributed by atoms with van der Waals surface area (Å²) in [5, 5.41) is 7.11. The van der Waals surface area contributed by atoms with E-state index in [2.05, 4.69) is 34.4 Å². The Labute approximate surface area is 167 Å². The monoisotopic (exact) mass is 380 g/mol. The average Bonchev–Trinajstić information content (AvgIpc) is 3.15. The zero-order chi connectivity index (χ0) is 19.4. The van der Waals surface area contributed by atoms with Crippen LogP contribution in [0, 0.1) is 11.3 Å². The number of aliphatic imine (C=N–C) groups is 1. The molecule has 158 valence electrons. The second-order valence-corrected chi connectivity index (χ2v) is 8.74. The van der Waals surface area contributed by atoms with Crippen LogP contribution >= 0.6 is 0 Å². The molecule has 0 bridgehead atoms. The molecule has 0 atom stereocenters. The Morgan fingerprint density at radius 3 is 2.56 bits per heavy atom. The number of piperidine rings is 1. The summed E-state index contributed by atoms with van der Waals surface area (Å²) in [5.41, 5.74) is 0.401. The van der Waals surface area contributed by atoms with E-state index in [1.54, 1.807) is 0 Å². The first kappa shape index (κ1) is 22.5.